The van der Waals surface area contributed by atoms with Gasteiger partial charge in [0.1, 0.15) is 11.6 Å². The number of nitrogens with two attached hydrogens (primary N) is 2. The Kier molecular flexibility index (Phi) is 7.18. The zero-order valence-electron chi connectivity index (χ0n) is 15.6. The van der Waals surface area contributed by atoms with Gasteiger partial charge in [-0.05, 0) is 42.5 Å². The number of allylic oxidation sites excluding steroid dienone is 2. The quantitative estimate of drug-likeness (QED) is 0.309. The molecule has 0 spiro atoms. The van der Waals surface area contributed by atoms with Gasteiger partial charge in [0.05, 0.1) is 11.3 Å². The summed E-state index contributed by atoms with van der Waals surface area (Å²) in [5, 5.41) is 5.38. The maximum absolute atomic E-state index is 14.1. The van der Waals surface area contributed by atoms with Crippen LogP contribution in [0.25, 0.3) is 0 Å². The van der Waals surface area contributed by atoms with Crippen LogP contribution in [0.2, 0.25) is 0 Å². The van der Waals surface area contributed by atoms with Crippen LogP contribution in [-0.2, 0) is 11.3 Å². The Morgan fingerprint density at radius 3 is 2.60 bits per heavy atom. The van der Waals surface area contributed by atoms with E-state index in [0.29, 0.717) is 18.0 Å². The molecule has 0 unspecified atom stereocenters. The SMILES string of the molecule is C=C(/C=C\C(=C/N)C(F)(F)F)C(=O)Nc1ccc(F)c(CNc2cccnc2N)c1. The van der Waals surface area contributed by atoms with Gasteiger partial charge in [0.25, 0.3) is 5.91 Å². The molecule has 1 amide bonds. The number of nitrogen functional groups attached to an aromatic ring is 1. The van der Waals surface area contributed by atoms with E-state index < -0.39 is 23.5 Å². The van der Waals surface area contributed by atoms with E-state index >= 15 is 0 Å². The Morgan fingerprint density at radius 1 is 1.23 bits per heavy atom. The van der Waals surface area contributed by atoms with Crippen molar-refractivity contribution in [2.24, 2.45) is 5.73 Å². The molecule has 30 heavy (non-hydrogen) atoms. The second-order valence-electron chi connectivity index (χ2n) is 6.03. The molecule has 0 radical (unpaired) electrons. The van der Waals surface area contributed by atoms with E-state index in [1.165, 1.54) is 18.3 Å². The molecule has 0 saturated carbocycles. The fraction of sp³-hybridized carbons (Fsp3) is 0.100. The molecular formula is C20H19F4N5O. The molecule has 10 heteroatoms. The Balaban J connectivity index is 2.06. The van der Waals surface area contributed by atoms with Gasteiger partial charge in [-0.3, -0.25) is 4.79 Å². The van der Waals surface area contributed by atoms with Gasteiger partial charge in [-0.15, -0.1) is 0 Å². The third-order valence-corrected chi connectivity index (χ3v) is 3.87. The van der Waals surface area contributed by atoms with Crippen molar-refractivity contribution in [2.75, 3.05) is 16.4 Å². The molecule has 0 atom stereocenters. The van der Waals surface area contributed by atoms with Crippen LogP contribution < -0.4 is 22.1 Å². The van der Waals surface area contributed by atoms with E-state index in [1.807, 2.05) is 0 Å². The standard InChI is InChI=1S/C20H19F4N5O/c1-12(4-5-14(10-25)20(22,23)24)19(30)29-15-6-7-16(21)13(9-15)11-28-17-3-2-8-27-18(17)26/h2-10,28H,1,11,25H2,(H2,26,27)(H,29,30)/b5-4-,14-10+. The summed E-state index contributed by atoms with van der Waals surface area (Å²) in [6.45, 7) is 3.48. The third kappa shape index (κ3) is 6.09. The Hall–Kier alpha value is -3.82. The second kappa shape index (κ2) is 9.59. The van der Waals surface area contributed by atoms with Crippen molar-refractivity contribution >= 4 is 23.1 Å². The number of halogens is 4. The summed E-state index contributed by atoms with van der Waals surface area (Å²) in [5.41, 5.74) is 10.3. The summed E-state index contributed by atoms with van der Waals surface area (Å²) in [5.74, 6) is -1.04. The number of aromatic nitrogens is 1. The van der Waals surface area contributed by atoms with Crippen molar-refractivity contribution in [3.05, 3.63) is 84.0 Å². The van der Waals surface area contributed by atoms with Crippen LogP contribution in [0.15, 0.2) is 72.6 Å². The minimum atomic E-state index is -4.65. The van der Waals surface area contributed by atoms with Gasteiger partial charge in [-0.2, -0.15) is 13.2 Å². The van der Waals surface area contributed by atoms with Gasteiger partial charge in [0, 0.05) is 35.8 Å². The van der Waals surface area contributed by atoms with Crippen molar-refractivity contribution in [2.45, 2.75) is 12.7 Å². The molecule has 0 aliphatic carbocycles. The highest BCUT2D eigenvalue weighted by atomic mass is 19.4. The predicted molar refractivity (Wildman–Crippen MR) is 108 cm³/mol. The number of nitrogens with zero attached hydrogens (tertiary/aromatic N) is 1. The number of hydrogen-bond acceptors (Lipinski definition) is 5. The number of alkyl halides is 3. The highest BCUT2D eigenvalue weighted by Crippen LogP contribution is 2.26. The lowest BCUT2D eigenvalue weighted by atomic mass is 10.1. The first-order valence-electron chi connectivity index (χ1n) is 8.52. The minimum absolute atomic E-state index is 0.0581. The summed E-state index contributed by atoms with van der Waals surface area (Å²) in [7, 11) is 0. The third-order valence-electron chi connectivity index (χ3n) is 3.87. The number of amides is 1. The maximum Gasteiger partial charge on any atom is 0.417 e. The van der Waals surface area contributed by atoms with Crippen molar-refractivity contribution in [3.63, 3.8) is 0 Å². The van der Waals surface area contributed by atoms with E-state index in [4.69, 9.17) is 11.5 Å². The average Bonchev–Trinajstić information content (AvgIpc) is 2.68. The summed E-state index contributed by atoms with van der Waals surface area (Å²) >= 11 is 0. The van der Waals surface area contributed by atoms with E-state index in [0.717, 1.165) is 12.1 Å². The number of pyridine rings is 1. The topological polar surface area (TPSA) is 106 Å². The zero-order chi connectivity index (χ0) is 22.3. The van der Waals surface area contributed by atoms with Crippen LogP contribution in [-0.4, -0.2) is 17.1 Å². The van der Waals surface area contributed by atoms with Crippen LogP contribution in [0.5, 0.6) is 0 Å². The summed E-state index contributed by atoms with van der Waals surface area (Å²) < 4.78 is 52.0. The van der Waals surface area contributed by atoms with E-state index in [-0.39, 0.29) is 29.2 Å². The maximum atomic E-state index is 14.1. The molecule has 6 N–H and O–H groups in total. The van der Waals surface area contributed by atoms with Crippen LogP contribution >= 0.6 is 0 Å². The van der Waals surface area contributed by atoms with E-state index in [2.05, 4.69) is 22.2 Å². The molecular weight excluding hydrogens is 402 g/mol. The molecule has 0 fully saturated rings. The van der Waals surface area contributed by atoms with Gasteiger partial charge < -0.3 is 22.1 Å². The van der Waals surface area contributed by atoms with Gasteiger partial charge in [0.15, 0.2) is 0 Å². The zero-order valence-corrected chi connectivity index (χ0v) is 15.6. The number of carbonyl (C=O) groups is 1. The van der Waals surface area contributed by atoms with Gasteiger partial charge in [0.2, 0.25) is 0 Å². The lowest BCUT2D eigenvalue weighted by Gasteiger charge is -2.11. The predicted octanol–water partition coefficient (Wildman–Crippen LogP) is 3.87. The first-order chi connectivity index (χ1) is 14.1. The number of carbonyl (C=O) groups excluding carboxylic acids is 1. The van der Waals surface area contributed by atoms with Gasteiger partial charge in [-0.1, -0.05) is 6.58 Å². The highest BCUT2D eigenvalue weighted by Gasteiger charge is 2.31. The number of hydrogen-bond donors (Lipinski definition) is 4. The fourth-order valence-electron chi connectivity index (χ4n) is 2.27. The van der Waals surface area contributed by atoms with Crippen molar-refractivity contribution in [1.82, 2.24) is 4.98 Å². The average molecular weight is 421 g/mol. The Morgan fingerprint density at radius 2 is 1.97 bits per heavy atom. The van der Waals surface area contributed by atoms with E-state index in [9.17, 15) is 22.4 Å². The molecule has 0 saturated heterocycles. The van der Waals surface area contributed by atoms with Crippen LogP contribution in [0.3, 0.4) is 0 Å². The number of anilines is 3. The largest absolute Gasteiger partial charge is 0.417 e. The molecule has 2 rings (SSSR count). The molecule has 1 aromatic carbocycles. The van der Waals surface area contributed by atoms with E-state index in [1.54, 1.807) is 12.1 Å². The van der Waals surface area contributed by atoms with Gasteiger partial charge >= 0.3 is 6.18 Å². The van der Waals surface area contributed by atoms with Crippen LogP contribution in [0.1, 0.15) is 5.56 Å². The number of rotatable bonds is 7. The monoisotopic (exact) mass is 421 g/mol. The lowest BCUT2D eigenvalue weighted by Crippen LogP contribution is -2.14. The first-order valence-corrected chi connectivity index (χ1v) is 8.52. The molecule has 1 aromatic heterocycles. The first kappa shape index (κ1) is 22.5. The summed E-state index contributed by atoms with van der Waals surface area (Å²) in [6, 6.07) is 7.18. The van der Waals surface area contributed by atoms with Crippen molar-refractivity contribution in [3.8, 4) is 0 Å². The fourth-order valence-corrected chi connectivity index (χ4v) is 2.27. The molecule has 0 bridgehead atoms. The van der Waals surface area contributed by atoms with Gasteiger partial charge in [-0.25, -0.2) is 9.37 Å². The smallest absolute Gasteiger partial charge is 0.404 e. The molecule has 6 nitrogen and oxygen atoms in total. The lowest BCUT2D eigenvalue weighted by molar-refractivity contribution is -0.112. The van der Waals surface area contributed by atoms with Crippen molar-refractivity contribution < 1.29 is 22.4 Å². The molecule has 1 heterocycles. The van der Waals surface area contributed by atoms with Crippen molar-refractivity contribution in [1.29, 1.82) is 0 Å². The normalized spacial score (nSPS) is 12.1. The molecule has 158 valence electrons. The van der Waals surface area contributed by atoms with Crippen LogP contribution in [0.4, 0.5) is 34.8 Å². The minimum Gasteiger partial charge on any atom is -0.404 e. The molecule has 2 aromatic rings. The highest BCUT2D eigenvalue weighted by molar-refractivity contribution is 6.05. The van der Waals surface area contributed by atoms with Crippen LogP contribution in [0, 0.1) is 5.82 Å². The molecule has 0 aliphatic rings. The Bertz CT molecular complexity index is 999. The summed E-state index contributed by atoms with van der Waals surface area (Å²) in [4.78, 5) is 16.1. The second-order valence-corrected chi connectivity index (χ2v) is 6.03. The Labute approximate surface area is 170 Å². The summed E-state index contributed by atoms with van der Waals surface area (Å²) in [6.07, 6.45) is -1.23. The number of nitrogens with one attached hydrogen (secondary N) is 2. The molecule has 0 aliphatic heterocycles. The number of benzene rings is 1.